The second kappa shape index (κ2) is 6.66. The van der Waals surface area contributed by atoms with Gasteiger partial charge in [0.2, 0.25) is 0 Å². The Balaban J connectivity index is 1.72. The quantitative estimate of drug-likeness (QED) is 0.827. The number of ether oxygens (including phenoxy) is 1. The van der Waals surface area contributed by atoms with Gasteiger partial charge in [-0.1, -0.05) is 12.8 Å². The van der Waals surface area contributed by atoms with Crippen LogP contribution in [0.4, 0.5) is 0 Å². The molecule has 1 atom stereocenters. The molecule has 0 aliphatic carbocycles. The maximum absolute atomic E-state index is 12.9. The molecule has 0 amide bonds. The van der Waals surface area contributed by atoms with E-state index >= 15 is 0 Å². The highest BCUT2D eigenvalue weighted by molar-refractivity contribution is 7.86. The van der Waals surface area contributed by atoms with Crippen LogP contribution in [0.5, 0.6) is 0 Å². The molecule has 3 heterocycles. The van der Waals surface area contributed by atoms with E-state index in [4.69, 9.17) is 4.74 Å². The second-order valence-corrected chi connectivity index (χ2v) is 7.91. The summed E-state index contributed by atoms with van der Waals surface area (Å²) < 4.78 is 36.4. The van der Waals surface area contributed by atoms with Crippen LogP contribution in [0, 0.1) is 0 Å². The van der Waals surface area contributed by atoms with Crippen LogP contribution in [0.2, 0.25) is 0 Å². The zero-order valence-electron chi connectivity index (χ0n) is 13.0. The Morgan fingerprint density at radius 1 is 1.14 bits per heavy atom. The van der Waals surface area contributed by atoms with Gasteiger partial charge in [-0.2, -0.15) is 22.1 Å². The minimum Gasteiger partial charge on any atom is -0.371 e. The largest absolute Gasteiger partial charge is 0.371 e. The molecule has 0 bridgehead atoms. The molecule has 0 N–H and O–H groups in total. The molecule has 2 saturated heterocycles. The standard InChI is InChI=1S/C14H24N4O3S/c1-16-11-13(10-15-16)14-12-18(8-9-21-14)22(19,20)17-6-4-2-3-5-7-17/h10-11,14H,2-9,12H2,1H3. The Morgan fingerprint density at radius 2 is 1.86 bits per heavy atom. The van der Waals surface area contributed by atoms with Crippen LogP contribution in [0.1, 0.15) is 37.4 Å². The first kappa shape index (κ1) is 15.9. The summed E-state index contributed by atoms with van der Waals surface area (Å²) in [6.45, 7) is 2.49. The average Bonchev–Trinajstić information content (AvgIpc) is 2.77. The molecular formula is C14H24N4O3S. The molecule has 2 aliphatic rings. The molecule has 8 heteroatoms. The Kier molecular flexibility index (Phi) is 4.82. The van der Waals surface area contributed by atoms with E-state index in [0.717, 1.165) is 31.2 Å². The van der Waals surface area contributed by atoms with E-state index in [1.165, 1.54) is 0 Å². The topological polar surface area (TPSA) is 67.7 Å². The van der Waals surface area contributed by atoms with Crippen LogP contribution in [0.15, 0.2) is 12.4 Å². The van der Waals surface area contributed by atoms with E-state index in [-0.39, 0.29) is 6.10 Å². The zero-order chi connectivity index (χ0) is 15.6. The van der Waals surface area contributed by atoms with Crippen molar-refractivity contribution < 1.29 is 13.2 Å². The Morgan fingerprint density at radius 3 is 2.50 bits per heavy atom. The first-order chi connectivity index (χ1) is 10.6. The van der Waals surface area contributed by atoms with Gasteiger partial charge in [-0.3, -0.25) is 4.68 Å². The number of morpholine rings is 1. The van der Waals surface area contributed by atoms with Gasteiger partial charge in [0.05, 0.1) is 18.9 Å². The van der Waals surface area contributed by atoms with Gasteiger partial charge in [-0.25, -0.2) is 0 Å². The lowest BCUT2D eigenvalue weighted by Gasteiger charge is -2.35. The molecule has 0 spiro atoms. The van der Waals surface area contributed by atoms with E-state index in [2.05, 4.69) is 5.10 Å². The molecule has 0 saturated carbocycles. The monoisotopic (exact) mass is 328 g/mol. The summed E-state index contributed by atoms with van der Waals surface area (Å²) in [5.41, 5.74) is 0.929. The summed E-state index contributed by atoms with van der Waals surface area (Å²) in [6.07, 6.45) is 7.54. The van der Waals surface area contributed by atoms with E-state index in [0.29, 0.717) is 32.8 Å². The number of rotatable bonds is 3. The summed E-state index contributed by atoms with van der Waals surface area (Å²) in [4.78, 5) is 0. The Labute approximate surface area is 132 Å². The fraction of sp³-hybridized carbons (Fsp3) is 0.786. The van der Waals surface area contributed by atoms with Gasteiger partial charge >= 0.3 is 0 Å². The smallest absolute Gasteiger partial charge is 0.282 e. The van der Waals surface area contributed by atoms with Crippen molar-refractivity contribution in [3.8, 4) is 0 Å². The predicted molar refractivity (Wildman–Crippen MR) is 82.4 cm³/mol. The minimum absolute atomic E-state index is 0.232. The van der Waals surface area contributed by atoms with Crippen LogP contribution in [-0.2, 0) is 22.0 Å². The maximum Gasteiger partial charge on any atom is 0.282 e. The van der Waals surface area contributed by atoms with Crippen molar-refractivity contribution in [3.63, 3.8) is 0 Å². The summed E-state index contributed by atoms with van der Waals surface area (Å²) in [7, 11) is -1.54. The third kappa shape index (κ3) is 3.34. The van der Waals surface area contributed by atoms with Crippen molar-refractivity contribution >= 4 is 10.2 Å². The van der Waals surface area contributed by atoms with E-state index in [1.807, 2.05) is 13.2 Å². The third-order valence-electron chi connectivity index (χ3n) is 4.34. The van der Waals surface area contributed by atoms with Gasteiger partial charge in [-0.05, 0) is 12.8 Å². The van der Waals surface area contributed by atoms with Gasteiger partial charge in [0.15, 0.2) is 0 Å². The fourth-order valence-corrected chi connectivity index (χ4v) is 4.75. The molecule has 0 aromatic carbocycles. The lowest BCUT2D eigenvalue weighted by atomic mass is 10.2. The summed E-state index contributed by atoms with van der Waals surface area (Å²) >= 11 is 0. The predicted octanol–water partition coefficient (Wildman–Crippen LogP) is 0.914. The number of hydrogen-bond donors (Lipinski definition) is 0. The highest BCUT2D eigenvalue weighted by atomic mass is 32.2. The molecule has 124 valence electrons. The molecule has 0 radical (unpaired) electrons. The first-order valence-corrected chi connectivity index (χ1v) is 9.32. The molecular weight excluding hydrogens is 304 g/mol. The molecule has 22 heavy (non-hydrogen) atoms. The van der Waals surface area contributed by atoms with Crippen molar-refractivity contribution in [2.45, 2.75) is 31.8 Å². The van der Waals surface area contributed by atoms with Crippen LogP contribution >= 0.6 is 0 Å². The van der Waals surface area contributed by atoms with Crippen molar-refractivity contribution in [3.05, 3.63) is 18.0 Å². The van der Waals surface area contributed by atoms with Gasteiger partial charge in [-0.15, -0.1) is 0 Å². The van der Waals surface area contributed by atoms with Crippen LogP contribution < -0.4 is 0 Å². The number of aryl methyl sites for hydroxylation is 1. The highest BCUT2D eigenvalue weighted by Crippen LogP contribution is 2.25. The van der Waals surface area contributed by atoms with E-state index in [1.54, 1.807) is 19.5 Å². The van der Waals surface area contributed by atoms with Gasteiger partial charge < -0.3 is 4.74 Å². The van der Waals surface area contributed by atoms with Crippen molar-refractivity contribution in [2.24, 2.45) is 7.05 Å². The molecule has 1 aromatic rings. The normalized spacial score (nSPS) is 26.0. The maximum atomic E-state index is 12.9. The molecule has 2 aliphatic heterocycles. The average molecular weight is 328 g/mol. The number of aromatic nitrogens is 2. The van der Waals surface area contributed by atoms with Gasteiger partial charge in [0.1, 0.15) is 0 Å². The SMILES string of the molecule is Cn1cc(C2CN(S(=O)(=O)N3CCCCCC3)CCO2)cn1. The zero-order valence-corrected chi connectivity index (χ0v) is 13.8. The lowest BCUT2D eigenvalue weighted by Crippen LogP contribution is -2.49. The summed E-state index contributed by atoms with van der Waals surface area (Å²) in [5.74, 6) is 0. The highest BCUT2D eigenvalue weighted by Gasteiger charge is 2.35. The molecule has 2 fully saturated rings. The van der Waals surface area contributed by atoms with Gasteiger partial charge in [0, 0.05) is 45.0 Å². The summed E-state index contributed by atoms with van der Waals surface area (Å²) in [6, 6.07) is 0. The molecule has 3 rings (SSSR count). The van der Waals surface area contributed by atoms with E-state index in [9.17, 15) is 8.42 Å². The number of nitrogens with zero attached hydrogens (tertiary/aromatic N) is 4. The Hall–Kier alpha value is -0.960. The molecule has 1 aromatic heterocycles. The van der Waals surface area contributed by atoms with E-state index < -0.39 is 10.2 Å². The van der Waals surface area contributed by atoms with Gasteiger partial charge in [0.25, 0.3) is 10.2 Å². The van der Waals surface area contributed by atoms with Crippen LogP contribution in [-0.4, -0.2) is 59.6 Å². The summed E-state index contributed by atoms with van der Waals surface area (Å²) in [5, 5.41) is 4.14. The van der Waals surface area contributed by atoms with Crippen molar-refractivity contribution in [1.29, 1.82) is 0 Å². The second-order valence-electron chi connectivity index (χ2n) is 5.99. The Bertz CT molecular complexity index is 593. The third-order valence-corrected chi connectivity index (χ3v) is 6.35. The molecule has 7 nitrogen and oxygen atoms in total. The lowest BCUT2D eigenvalue weighted by molar-refractivity contribution is -0.00433. The van der Waals surface area contributed by atoms with Crippen molar-refractivity contribution in [2.75, 3.05) is 32.8 Å². The van der Waals surface area contributed by atoms with Crippen LogP contribution in [0.3, 0.4) is 0 Å². The molecule has 1 unspecified atom stereocenters. The number of hydrogen-bond acceptors (Lipinski definition) is 4. The fourth-order valence-electron chi connectivity index (χ4n) is 3.08. The first-order valence-electron chi connectivity index (χ1n) is 7.93. The minimum atomic E-state index is -3.38. The van der Waals surface area contributed by atoms with Crippen molar-refractivity contribution in [1.82, 2.24) is 18.4 Å². The van der Waals surface area contributed by atoms with Crippen LogP contribution in [0.25, 0.3) is 0 Å².